The zero-order valence-corrected chi connectivity index (χ0v) is 19.5. The maximum absolute atomic E-state index is 12.2. The van der Waals surface area contributed by atoms with E-state index < -0.39 is 20.2 Å². The molecule has 0 aliphatic heterocycles. The van der Waals surface area contributed by atoms with Gasteiger partial charge >= 0.3 is 11.9 Å². The molecule has 0 fully saturated rings. The maximum Gasteiger partial charge on any atom is 0.396 e. The zero-order valence-electron chi connectivity index (χ0n) is 18.5. The number of hydrogen-bond donors (Lipinski definition) is 1. The van der Waals surface area contributed by atoms with Crippen molar-refractivity contribution < 1.29 is 18.8 Å². The Morgan fingerprint density at radius 3 is 1.96 bits per heavy atom. The van der Waals surface area contributed by atoms with Crippen molar-refractivity contribution in [3.8, 4) is 0 Å². The molecule has 28 heavy (non-hydrogen) atoms. The summed E-state index contributed by atoms with van der Waals surface area (Å²) in [5, 5.41) is 2.82. The zero-order chi connectivity index (χ0) is 21.3. The Bertz CT molecular complexity index is 594. The van der Waals surface area contributed by atoms with Gasteiger partial charge in [0.05, 0.1) is 19.3 Å². The molecule has 5 nitrogen and oxygen atoms in total. The summed E-state index contributed by atoms with van der Waals surface area (Å²) in [7, 11) is -2.07. The van der Waals surface area contributed by atoms with Gasteiger partial charge in [-0.1, -0.05) is 71.9 Å². The molecule has 0 aliphatic carbocycles. The van der Waals surface area contributed by atoms with Gasteiger partial charge in [0.2, 0.25) is 0 Å². The molecule has 0 aliphatic rings. The number of nitrogens with one attached hydrogen (secondary N) is 1. The third-order valence-corrected chi connectivity index (χ3v) is 11.4. The topological polar surface area (TPSA) is 64.6 Å². The van der Waals surface area contributed by atoms with Crippen molar-refractivity contribution in [1.82, 2.24) is 5.32 Å². The molecule has 0 saturated heterocycles. The van der Waals surface area contributed by atoms with Crippen LogP contribution in [-0.2, 0) is 25.2 Å². The van der Waals surface area contributed by atoms with Crippen LogP contribution in [0.25, 0.3) is 0 Å². The van der Waals surface area contributed by atoms with Gasteiger partial charge in [0.15, 0.2) is 8.32 Å². The molecular weight excluding hydrogens is 370 g/mol. The highest BCUT2D eigenvalue weighted by Gasteiger charge is 2.45. The minimum atomic E-state index is -2.07. The minimum Gasteiger partial charge on any atom is -0.459 e. The summed E-state index contributed by atoms with van der Waals surface area (Å²) < 4.78 is 11.5. The lowest BCUT2D eigenvalue weighted by Crippen LogP contribution is -2.52. The van der Waals surface area contributed by atoms with Crippen LogP contribution in [0.3, 0.4) is 0 Å². The average molecular weight is 408 g/mol. The highest BCUT2D eigenvalue weighted by molar-refractivity contribution is 6.77. The summed E-state index contributed by atoms with van der Waals surface area (Å²) in [5.41, 5.74) is 2.44. The second-order valence-electron chi connectivity index (χ2n) is 8.21. The summed E-state index contributed by atoms with van der Waals surface area (Å²) in [5.74, 6) is -1.56. The van der Waals surface area contributed by atoms with Gasteiger partial charge in [-0.2, -0.15) is 0 Å². The third kappa shape index (κ3) is 6.45. The second-order valence-corrected chi connectivity index (χ2v) is 13.7. The van der Waals surface area contributed by atoms with Crippen molar-refractivity contribution >= 4 is 20.2 Å². The lowest BCUT2D eigenvalue weighted by atomic mass is 10.1. The van der Waals surface area contributed by atoms with Crippen molar-refractivity contribution in [1.29, 1.82) is 0 Å². The van der Waals surface area contributed by atoms with E-state index in [-0.39, 0.29) is 12.6 Å². The molecule has 1 aromatic carbocycles. The smallest absolute Gasteiger partial charge is 0.396 e. The second kappa shape index (κ2) is 11.4. The predicted octanol–water partition coefficient (Wildman–Crippen LogP) is 4.47. The van der Waals surface area contributed by atoms with Crippen LogP contribution in [0.4, 0.5) is 0 Å². The maximum atomic E-state index is 12.2. The van der Waals surface area contributed by atoms with Crippen LogP contribution in [0.15, 0.2) is 30.3 Å². The van der Waals surface area contributed by atoms with Crippen LogP contribution in [-0.4, -0.2) is 39.4 Å². The van der Waals surface area contributed by atoms with E-state index in [9.17, 15) is 9.59 Å². The summed E-state index contributed by atoms with van der Waals surface area (Å²) in [6.45, 7) is 15.6. The number of hydrogen-bond acceptors (Lipinski definition) is 4. The number of carbonyl (C=O) groups is 2. The van der Waals surface area contributed by atoms with Gasteiger partial charge in [0, 0.05) is 0 Å². The number of ether oxygens (including phenoxy) is 1. The quantitative estimate of drug-likeness (QED) is 0.353. The third-order valence-electron chi connectivity index (χ3n) is 5.36. The summed E-state index contributed by atoms with van der Waals surface area (Å²) in [4.78, 5) is 24.0. The molecule has 1 atom stereocenters. The summed E-state index contributed by atoms with van der Waals surface area (Å²) in [6.07, 6.45) is 0.602. The first-order valence-electron chi connectivity index (χ1n) is 10.3. The number of amides is 1. The Kier molecular flexibility index (Phi) is 9.89. The lowest BCUT2D eigenvalue weighted by molar-refractivity contribution is -0.155. The van der Waals surface area contributed by atoms with Crippen molar-refractivity contribution in [3.05, 3.63) is 35.9 Å². The van der Waals surface area contributed by atoms with Crippen LogP contribution in [0, 0.1) is 0 Å². The number of esters is 1. The first-order chi connectivity index (χ1) is 13.1. The van der Waals surface area contributed by atoms with E-state index in [2.05, 4.69) is 46.9 Å². The van der Waals surface area contributed by atoms with E-state index in [1.807, 2.05) is 30.3 Å². The number of benzene rings is 1. The van der Waals surface area contributed by atoms with Crippen LogP contribution in [0.1, 0.15) is 54.0 Å². The number of carbonyl (C=O) groups excluding carboxylic acids is 2. The minimum absolute atomic E-state index is 0.177. The summed E-state index contributed by atoms with van der Waals surface area (Å²) in [6, 6.07) is 9.64. The molecule has 0 radical (unpaired) electrons. The molecular formula is C22H37NO4Si. The Labute approximate surface area is 171 Å². The predicted molar refractivity (Wildman–Crippen MR) is 116 cm³/mol. The molecule has 6 heteroatoms. The van der Waals surface area contributed by atoms with Crippen molar-refractivity contribution in [2.24, 2.45) is 0 Å². The van der Waals surface area contributed by atoms with E-state index in [4.69, 9.17) is 9.16 Å². The fraction of sp³-hybridized carbons (Fsp3) is 0.636. The van der Waals surface area contributed by atoms with Gasteiger partial charge < -0.3 is 14.5 Å². The van der Waals surface area contributed by atoms with Crippen LogP contribution < -0.4 is 5.32 Å². The van der Waals surface area contributed by atoms with Crippen molar-refractivity contribution in [2.75, 3.05) is 13.2 Å². The Balaban J connectivity index is 3.00. The molecule has 158 valence electrons. The Hall–Kier alpha value is -1.66. The molecule has 0 saturated carbocycles. The summed E-state index contributed by atoms with van der Waals surface area (Å²) >= 11 is 0. The fourth-order valence-corrected chi connectivity index (χ4v) is 9.73. The van der Waals surface area contributed by atoms with Gasteiger partial charge in [-0.3, -0.25) is 4.79 Å². The van der Waals surface area contributed by atoms with Gasteiger partial charge in [0.1, 0.15) is 0 Å². The van der Waals surface area contributed by atoms with Gasteiger partial charge in [-0.15, -0.1) is 0 Å². The van der Waals surface area contributed by atoms with E-state index >= 15 is 0 Å². The average Bonchev–Trinajstić information content (AvgIpc) is 2.62. The molecule has 1 unspecified atom stereocenters. The van der Waals surface area contributed by atoms with Gasteiger partial charge in [-0.25, -0.2) is 4.79 Å². The molecule has 0 bridgehead atoms. The first-order valence-corrected chi connectivity index (χ1v) is 12.4. The SMILES string of the molecule is CCOC(=O)C(=O)NC(CO[Si](C(C)C)(C(C)C)C(C)C)Cc1ccccc1. The molecule has 1 N–H and O–H groups in total. The Morgan fingerprint density at radius 1 is 0.964 bits per heavy atom. The first kappa shape index (κ1) is 24.4. The van der Waals surface area contributed by atoms with Gasteiger partial charge in [0.25, 0.3) is 0 Å². The van der Waals surface area contributed by atoms with E-state index in [0.29, 0.717) is 29.7 Å². The Morgan fingerprint density at radius 2 is 1.50 bits per heavy atom. The molecule has 1 aromatic rings. The van der Waals surface area contributed by atoms with Crippen molar-refractivity contribution in [2.45, 2.75) is 77.6 Å². The van der Waals surface area contributed by atoms with Gasteiger partial charge in [-0.05, 0) is 35.5 Å². The highest BCUT2D eigenvalue weighted by atomic mass is 28.4. The largest absolute Gasteiger partial charge is 0.459 e. The van der Waals surface area contributed by atoms with E-state index in [1.165, 1.54) is 0 Å². The van der Waals surface area contributed by atoms with Crippen LogP contribution >= 0.6 is 0 Å². The lowest BCUT2D eigenvalue weighted by Gasteiger charge is -2.43. The molecule has 1 amide bonds. The fourth-order valence-electron chi connectivity index (χ4n) is 4.24. The number of rotatable bonds is 10. The van der Waals surface area contributed by atoms with E-state index in [1.54, 1.807) is 6.92 Å². The monoisotopic (exact) mass is 407 g/mol. The standard InChI is InChI=1S/C22H37NO4Si/c1-8-26-22(25)21(24)23-20(14-19-12-10-9-11-13-19)15-27-28(16(2)3,17(4)5)18(6)7/h9-13,16-18,20H,8,14-15H2,1-7H3,(H,23,24). The molecule has 0 heterocycles. The molecule has 0 spiro atoms. The van der Waals surface area contributed by atoms with Crippen LogP contribution in [0.2, 0.25) is 16.6 Å². The van der Waals surface area contributed by atoms with Crippen molar-refractivity contribution in [3.63, 3.8) is 0 Å². The molecule has 1 rings (SSSR count). The molecule has 0 aromatic heterocycles. The normalized spacial score (nSPS) is 13.1. The van der Waals surface area contributed by atoms with Crippen LogP contribution in [0.5, 0.6) is 0 Å². The highest BCUT2D eigenvalue weighted by Crippen LogP contribution is 2.42. The van der Waals surface area contributed by atoms with E-state index in [0.717, 1.165) is 5.56 Å².